The molecule has 0 unspecified atom stereocenters. The van der Waals surface area contributed by atoms with E-state index in [1.54, 1.807) is 13.0 Å². The molecule has 7 nitrogen and oxygen atoms in total. The lowest BCUT2D eigenvalue weighted by Gasteiger charge is -2.12. The van der Waals surface area contributed by atoms with Crippen molar-refractivity contribution in [1.82, 2.24) is 0 Å². The molecule has 0 spiro atoms. The fourth-order valence-electron chi connectivity index (χ4n) is 3.60. The maximum atomic E-state index is 13.0. The van der Waals surface area contributed by atoms with Gasteiger partial charge in [0.1, 0.15) is 14.6 Å². The van der Waals surface area contributed by atoms with Crippen molar-refractivity contribution in [2.45, 2.75) is 32.6 Å². The van der Waals surface area contributed by atoms with Gasteiger partial charge in [-0.1, -0.05) is 23.7 Å². The van der Waals surface area contributed by atoms with Crippen molar-refractivity contribution in [2.75, 3.05) is 11.9 Å². The van der Waals surface area contributed by atoms with Crippen LogP contribution in [0.5, 0.6) is 0 Å². The molecule has 0 aliphatic heterocycles. The largest absolute Gasteiger partial charge is 0.462 e. The van der Waals surface area contributed by atoms with Crippen molar-refractivity contribution in [2.24, 2.45) is 0 Å². The molecule has 1 aliphatic rings. The molecule has 3 aromatic rings. The lowest BCUT2D eigenvalue weighted by Crippen LogP contribution is -2.15. The third kappa shape index (κ3) is 3.57. The van der Waals surface area contributed by atoms with E-state index in [2.05, 4.69) is 5.32 Å². The van der Waals surface area contributed by atoms with Gasteiger partial charge >= 0.3 is 5.97 Å². The number of esters is 1. The van der Waals surface area contributed by atoms with Gasteiger partial charge in [0.05, 0.1) is 22.1 Å². The summed E-state index contributed by atoms with van der Waals surface area (Å²) < 4.78 is 5.55. The number of rotatable bonds is 5. The number of carbonyl (C=O) groups is 2. The number of anilines is 1. The van der Waals surface area contributed by atoms with Crippen LogP contribution in [0.25, 0.3) is 10.1 Å². The molecule has 0 fully saturated rings. The summed E-state index contributed by atoms with van der Waals surface area (Å²) in [5, 5.41) is 15.2. The fourth-order valence-corrected chi connectivity index (χ4v) is 6.36. The Bertz CT molecular complexity index is 1180. The third-order valence-electron chi connectivity index (χ3n) is 4.92. The van der Waals surface area contributed by atoms with Crippen LogP contribution >= 0.6 is 34.3 Å². The predicted molar refractivity (Wildman–Crippen MR) is 118 cm³/mol. The summed E-state index contributed by atoms with van der Waals surface area (Å²) in [7, 11) is 0. The van der Waals surface area contributed by atoms with Crippen LogP contribution in [-0.2, 0) is 17.6 Å². The Kier molecular flexibility index (Phi) is 5.77. The Morgan fingerprint density at radius 1 is 1.27 bits per heavy atom. The maximum Gasteiger partial charge on any atom is 0.341 e. The number of halogens is 1. The number of hydrogen-bond donors (Lipinski definition) is 1. The Morgan fingerprint density at radius 2 is 2.03 bits per heavy atom. The highest BCUT2D eigenvalue weighted by atomic mass is 35.5. The first kappa shape index (κ1) is 20.8. The molecule has 1 aromatic carbocycles. The summed E-state index contributed by atoms with van der Waals surface area (Å²) >= 11 is 8.74. The van der Waals surface area contributed by atoms with E-state index in [9.17, 15) is 19.7 Å². The van der Waals surface area contributed by atoms with E-state index >= 15 is 0 Å². The lowest BCUT2D eigenvalue weighted by atomic mass is 9.95. The summed E-state index contributed by atoms with van der Waals surface area (Å²) in [6.45, 7) is 1.97. The zero-order valence-electron chi connectivity index (χ0n) is 16.0. The molecule has 1 amide bonds. The van der Waals surface area contributed by atoms with Crippen LogP contribution in [0.2, 0.25) is 5.02 Å². The average Bonchev–Trinajstić information content (AvgIpc) is 3.25. The van der Waals surface area contributed by atoms with Gasteiger partial charge in [0.25, 0.3) is 11.6 Å². The molecule has 0 atom stereocenters. The van der Waals surface area contributed by atoms with Crippen LogP contribution in [0.1, 0.15) is 50.2 Å². The molecule has 0 bridgehead atoms. The van der Waals surface area contributed by atoms with E-state index in [4.69, 9.17) is 16.3 Å². The monoisotopic (exact) mass is 464 g/mol. The summed E-state index contributed by atoms with van der Waals surface area (Å²) in [5.74, 6) is -0.954. The molecule has 156 valence electrons. The first-order valence-corrected chi connectivity index (χ1v) is 11.4. The Morgan fingerprint density at radius 3 is 2.77 bits per heavy atom. The number of thiophene rings is 2. The number of nitro benzene ring substituents is 1. The van der Waals surface area contributed by atoms with Gasteiger partial charge in [0.15, 0.2) is 0 Å². The lowest BCUT2D eigenvalue weighted by molar-refractivity contribution is -0.382. The van der Waals surface area contributed by atoms with Gasteiger partial charge in [-0.15, -0.1) is 22.7 Å². The second-order valence-corrected chi connectivity index (χ2v) is 9.25. The summed E-state index contributed by atoms with van der Waals surface area (Å²) in [6, 6.07) is 4.56. The number of carbonyl (C=O) groups excluding carboxylic acids is 2. The third-order valence-corrected chi connectivity index (χ3v) is 7.85. The molecule has 2 aromatic heterocycles. The standard InChI is InChI=1S/C20H17ClN2O5S2/c1-2-28-20(25)14-10-6-3-4-9-13(10)29-19(14)22-18(24)17-15(21)11-7-5-8-12(23(26)27)16(11)30-17/h5,7-8H,2-4,6,9H2,1H3,(H,22,24). The van der Waals surface area contributed by atoms with Gasteiger partial charge in [-0.25, -0.2) is 4.79 Å². The van der Waals surface area contributed by atoms with Crippen LogP contribution in [0.15, 0.2) is 18.2 Å². The summed E-state index contributed by atoms with van der Waals surface area (Å²) in [6.07, 6.45) is 3.65. The minimum Gasteiger partial charge on any atom is -0.462 e. The second-order valence-electron chi connectivity index (χ2n) is 6.75. The predicted octanol–water partition coefficient (Wildman–Crippen LogP) is 5.83. The molecule has 4 rings (SSSR count). The van der Waals surface area contributed by atoms with E-state index in [0.29, 0.717) is 20.7 Å². The topological polar surface area (TPSA) is 98.5 Å². The molecule has 30 heavy (non-hydrogen) atoms. The van der Waals surface area contributed by atoms with Crippen molar-refractivity contribution in [3.8, 4) is 0 Å². The Labute approximate surface area is 184 Å². The number of aryl methyl sites for hydroxylation is 1. The first-order valence-electron chi connectivity index (χ1n) is 9.40. The Hall–Kier alpha value is -2.49. The van der Waals surface area contributed by atoms with Gasteiger partial charge in [-0.3, -0.25) is 14.9 Å². The molecule has 0 saturated carbocycles. The normalized spacial score (nSPS) is 13.1. The smallest absolute Gasteiger partial charge is 0.341 e. The number of amides is 1. The van der Waals surface area contributed by atoms with Crippen LogP contribution < -0.4 is 5.32 Å². The minimum absolute atomic E-state index is 0.0998. The highest BCUT2D eigenvalue weighted by Crippen LogP contribution is 2.42. The second kappa shape index (κ2) is 8.33. The number of hydrogen-bond acceptors (Lipinski definition) is 7. The van der Waals surface area contributed by atoms with Crippen LogP contribution in [0, 0.1) is 10.1 Å². The first-order chi connectivity index (χ1) is 14.4. The van der Waals surface area contributed by atoms with Crippen LogP contribution in [0.4, 0.5) is 10.7 Å². The van der Waals surface area contributed by atoms with Crippen molar-refractivity contribution in [3.05, 3.63) is 54.2 Å². The fraction of sp³-hybridized carbons (Fsp3) is 0.300. The van der Waals surface area contributed by atoms with E-state index < -0.39 is 16.8 Å². The molecular weight excluding hydrogens is 448 g/mol. The van der Waals surface area contributed by atoms with Crippen molar-refractivity contribution in [1.29, 1.82) is 0 Å². The molecule has 1 aliphatic carbocycles. The number of non-ortho nitro benzene ring substituents is 1. The highest BCUT2D eigenvalue weighted by Gasteiger charge is 2.29. The average molecular weight is 465 g/mol. The maximum absolute atomic E-state index is 13.0. The molecule has 10 heteroatoms. The number of benzene rings is 1. The summed E-state index contributed by atoms with van der Waals surface area (Å²) in [5.41, 5.74) is 1.25. The van der Waals surface area contributed by atoms with E-state index in [1.165, 1.54) is 23.5 Å². The number of nitrogens with zero attached hydrogens (tertiary/aromatic N) is 1. The van der Waals surface area contributed by atoms with Gasteiger partial charge in [-0.05, 0) is 38.2 Å². The number of nitro groups is 1. The van der Waals surface area contributed by atoms with Gasteiger partial charge in [0, 0.05) is 16.3 Å². The quantitative estimate of drug-likeness (QED) is 0.291. The van der Waals surface area contributed by atoms with Crippen LogP contribution in [0.3, 0.4) is 0 Å². The Balaban J connectivity index is 1.74. The SMILES string of the molecule is CCOC(=O)c1c(NC(=O)c2sc3c([N+](=O)[O-])cccc3c2Cl)sc2c1CCCC2. The molecule has 0 radical (unpaired) electrons. The van der Waals surface area contributed by atoms with E-state index in [1.807, 2.05) is 0 Å². The van der Waals surface area contributed by atoms with Gasteiger partial charge in [0.2, 0.25) is 0 Å². The van der Waals surface area contributed by atoms with Crippen molar-refractivity contribution < 1.29 is 19.2 Å². The zero-order chi connectivity index (χ0) is 21.4. The molecule has 0 saturated heterocycles. The van der Waals surface area contributed by atoms with Crippen LogP contribution in [-0.4, -0.2) is 23.4 Å². The number of nitrogens with one attached hydrogen (secondary N) is 1. The zero-order valence-corrected chi connectivity index (χ0v) is 18.3. The van der Waals surface area contributed by atoms with Crippen molar-refractivity contribution >= 4 is 66.9 Å². The van der Waals surface area contributed by atoms with E-state index in [-0.39, 0.29) is 22.2 Å². The van der Waals surface area contributed by atoms with Crippen molar-refractivity contribution in [3.63, 3.8) is 0 Å². The molecule has 1 N–H and O–H groups in total. The van der Waals surface area contributed by atoms with Gasteiger partial charge in [-0.2, -0.15) is 0 Å². The highest BCUT2D eigenvalue weighted by molar-refractivity contribution is 7.22. The molecule has 2 heterocycles. The van der Waals surface area contributed by atoms with E-state index in [0.717, 1.165) is 47.5 Å². The summed E-state index contributed by atoms with van der Waals surface area (Å²) in [4.78, 5) is 37.7. The molecular formula is C20H17ClN2O5S2. The minimum atomic E-state index is -0.500. The van der Waals surface area contributed by atoms with Gasteiger partial charge < -0.3 is 10.1 Å². The number of ether oxygens (including phenoxy) is 1. The number of fused-ring (bicyclic) bond motifs is 2.